The number of primary amides is 1. The summed E-state index contributed by atoms with van der Waals surface area (Å²) in [6.07, 6.45) is 3.24. The van der Waals surface area contributed by atoms with Crippen molar-refractivity contribution < 1.29 is 14.0 Å². The third-order valence-corrected chi connectivity index (χ3v) is 7.91. The Bertz CT molecular complexity index is 1020. The van der Waals surface area contributed by atoms with Gasteiger partial charge in [0.15, 0.2) is 5.82 Å². The Morgan fingerprint density at radius 3 is 2.80 bits per heavy atom. The fraction of sp³-hybridized carbons (Fsp3) is 0.429. The van der Waals surface area contributed by atoms with E-state index < -0.39 is 5.82 Å². The van der Waals surface area contributed by atoms with Gasteiger partial charge in [0.05, 0.1) is 17.6 Å². The number of hydrogen-bond acceptors (Lipinski definition) is 6. The summed E-state index contributed by atoms with van der Waals surface area (Å²) in [5.41, 5.74) is 7.37. The molecule has 2 heterocycles. The van der Waals surface area contributed by atoms with Gasteiger partial charge in [-0.25, -0.2) is 14.4 Å². The van der Waals surface area contributed by atoms with E-state index in [9.17, 15) is 14.0 Å². The fourth-order valence-corrected chi connectivity index (χ4v) is 6.74. The summed E-state index contributed by atoms with van der Waals surface area (Å²) in [6, 6.07) is 7.23. The second kappa shape index (κ2) is 7.54. The second-order valence-electron chi connectivity index (χ2n) is 8.28. The average Bonchev–Trinajstić information content (AvgIpc) is 3.27. The lowest BCUT2D eigenvalue weighted by atomic mass is 9.76. The number of nitrogens with zero attached hydrogens (tertiary/aromatic N) is 2. The van der Waals surface area contributed by atoms with E-state index in [2.05, 4.69) is 20.6 Å². The van der Waals surface area contributed by atoms with Crippen LogP contribution in [0.5, 0.6) is 0 Å². The maximum Gasteiger partial charge on any atom is 0.234 e. The van der Waals surface area contributed by atoms with Gasteiger partial charge in [-0.1, -0.05) is 6.07 Å². The van der Waals surface area contributed by atoms with E-state index in [-0.39, 0.29) is 46.7 Å². The molecule has 0 unspecified atom stereocenters. The lowest BCUT2D eigenvalue weighted by Gasteiger charge is -2.34. The first-order valence-corrected chi connectivity index (χ1v) is 11.1. The van der Waals surface area contributed by atoms with Crippen molar-refractivity contribution in [2.75, 3.05) is 16.4 Å². The molecule has 1 aromatic carbocycles. The molecule has 9 heteroatoms. The highest BCUT2D eigenvalue weighted by molar-refractivity contribution is 8.00. The van der Waals surface area contributed by atoms with Crippen LogP contribution in [-0.4, -0.2) is 32.8 Å². The minimum absolute atomic E-state index is 0.0688. The first-order valence-electron chi connectivity index (χ1n) is 10.1. The summed E-state index contributed by atoms with van der Waals surface area (Å²) >= 11 is 1.62. The molecule has 6 bridgehead atoms. The van der Waals surface area contributed by atoms with Gasteiger partial charge < -0.3 is 16.4 Å². The Kier molecular flexibility index (Phi) is 4.85. The van der Waals surface area contributed by atoms with Gasteiger partial charge in [-0.15, -0.1) is 11.8 Å². The molecule has 1 aliphatic heterocycles. The number of carbonyl (C=O) groups is 2. The zero-order chi connectivity index (χ0) is 20.8. The van der Waals surface area contributed by atoms with Gasteiger partial charge in [0.25, 0.3) is 0 Å². The quantitative estimate of drug-likeness (QED) is 0.646. The Morgan fingerprint density at radius 1 is 1.20 bits per heavy atom. The number of fused-ring (bicyclic) bond motifs is 5. The number of rotatable bonds is 1. The molecule has 5 atom stereocenters. The van der Waals surface area contributed by atoms with Crippen molar-refractivity contribution >= 4 is 40.9 Å². The number of anilines is 3. The number of nitrogens with one attached hydrogen (secondary N) is 2. The lowest BCUT2D eigenvalue weighted by molar-refractivity contribution is -0.125. The van der Waals surface area contributed by atoms with E-state index >= 15 is 0 Å². The van der Waals surface area contributed by atoms with E-state index in [0.29, 0.717) is 29.2 Å². The molecule has 30 heavy (non-hydrogen) atoms. The summed E-state index contributed by atoms with van der Waals surface area (Å²) in [5, 5.41) is 6.24. The molecule has 0 saturated heterocycles. The summed E-state index contributed by atoms with van der Waals surface area (Å²) in [4.78, 5) is 33.1. The van der Waals surface area contributed by atoms with E-state index in [1.54, 1.807) is 17.8 Å². The Hall–Kier alpha value is -2.68. The number of carbonyl (C=O) groups excluding carboxylic acids is 2. The Balaban J connectivity index is 1.53. The zero-order valence-corrected chi connectivity index (χ0v) is 17.0. The molecule has 0 spiro atoms. The van der Waals surface area contributed by atoms with Crippen LogP contribution in [0.1, 0.15) is 18.5 Å². The molecule has 2 fully saturated rings. The van der Waals surface area contributed by atoms with Gasteiger partial charge >= 0.3 is 0 Å². The van der Waals surface area contributed by atoms with Crippen molar-refractivity contribution in [3.8, 4) is 0 Å². The highest BCUT2D eigenvalue weighted by Crippen LogP contribution is 2.56. The first kappa shape index (κ1) is 19.3. The molecule has 2 aromatic rings. The maximum atomic E-state index is 14.6. The largest absolute Gasteiger partial charge is 0.369 e. The topological polar surface area (TPSA) is 110 Å². The van der Waals surface area contributed by atoms with Crippen LogP contribution in [-0.2, 0) is 16.0 Å². The summed E-state index contributed by atoms with van der Waals surface area (Å²) in [7, 11) is 0. The number of amides is 2. The zero-order valence-electron chi connectivity index (χ0n) is 16.2. The van der Waals surface area contributed by atoms with Crippen LogP contribution in [0.15, 0.2) is 30.5 Å². The van der Waals surface area contributed by atoms with Crippen LogP contribution in [0, 0.1) is 29.5 Å². The smallest absolute Gasteiger partial charge is 0.234 e. The molecule has 2 saturated carbocycles. The highest BCUT2D eigenvalue weighted by atomic mass is 32.2. The Morgan fingerprint density at radius 2 is 2.00 bits per heavy atom. The van der Waals surface area contributed by atoms with Gasteiger partial charge in [0.2, 0.25) is 17.8 Å². The van der Waals surface area contributed by atoms with Crippen molar-refractivity contribution in [1.29, 1.82) is 0 Å². The van der Waals surface area contributed by atoms with Gasteiger partial charge in [0, 0.05) is 22.5 Å². The number of nitrogens with two attached hydrogens (primary N) is 1. The van der Waals surface area contributed by atoms with Gasteiger partial charge in [-0.05, 0) is 55.2 Å². The molecule has 5 rings (SSSR count). The van der Waals surface area contributed by atoms with Crippen LogP contribution < -0.4 is 16.4 Å². The van der Waals surface area contributed by atoms with Gasteiger partial charge in [-0.3, -0.25) is 9.59 Å². The third-order valence-electron chi connectivity index (χ3n) is 6.51. The SMILES string of the molecule is NC(=O)[C@H]1[C@@H]2C[C@H]3[C@H]1Cc1nc(ncc1F)Nc1cccc(c1)NC(=O)CS[C@@H]3C2. The molecular formula is C21H22FN5O2S. The van der Waals surface area contributed by atoms with E-state index in [4.69, 9.17) is 5.73 Å². The third kappa shape index (κ3) is 3.51. The number of halogens is 1. The van der Waals surface area contributed by atoms with Crippen LogP contribution in [0.3, 0.4) is 0 Å². The minimum Gasteiger partial charge on any atom is -0.369 e. The summed E-state index contributed by atoms with van der Waals surface area (Å²) in [6.45, 7) is 0. The molecular weight excluding hydrogens is 405 g/mol. The van der Waals surface area contributed by atoms with E-state index in [0.717, 1.165) is 19.0 Å². The summed E-state index contributed by atoms with van der Waals surface area (Å²) in [5.74, 6) is -0.228. The molecule has 2 amide bonds. The molecule has 2 aliphatic carbocycles. The number of hydrogen-bond donors (Lipinski definition) is 3. The van der Waals surface area contributed by atoms with Gasteiger partial charge in [-0.2, -0.15) is 0 Å². The monoisotopic (exact) mass is 427 g/mol. The van der Waals surface area contributed by atoms with Crippen LogP contribution in [0.4, 0.5) is 21.7 Å². The van der Waals surface area contributed by atoms with Crippen molar-refractivity contribution in [1.82, 2.24) is 9.97 Å². The molecule has 1 aromatic heterocycles. The predicted molar refractivity (Wildman–Crippen MR) is 113 cm³/mol. The molecule has 0 radical (unpaired) electrons. The Labute approximate surface area is 177 Å². The maximum absolute atomic E-state index is 14.6. The van der Waals surface area contributed by atoms with Crippen molar-refractivity contribution in [2.45, 2.75) is 24.5 Å². The van der Waals surface area contributed by atoms with E-state index in [1.165, 1.54) is 0 Å². The van der Waals surface area contributed by atoms with Crippen molar-refractivity contribution in [3.63, 3.8) is 0 Å². The van der Waals surface area contributed by atoms with Gasteiger partial charge in [0.1, 0.15) is 0 Å². The standard InChI is InChI=1S/C21H22FN5O2S/c22-15-8-24-21-26-12-3-1-2-11(6-12)25-18(28)9-30-17-5-10-4-13(17)14(7-16(15)27-21)19(10)20(23)29/h1-3,6,8,10,13-14,17,19H,4-5,7,9H2,(H2,23,29)(H,25,28)(H,24,26,27)/t10-,13+,14-,17-,19+/m1/s1. The number of thioether (sulfide) groups is 1. The highest BCUT2D eigenvalue weighted by Gasteiger charge is 2.54. The molecule has 4 N–H and O–H groups in total. The normalized spacial score (nSPS) is 30.0. The number of aromatic nitrogens is 2. The fourth-order valence-electron chi connectivity index (χ4n) is 5.36. The second-order valence-corrected chi connectivity index (χ2v) is 9.51. The molecule has 156 valence electrons. The molecule has 7 nitrogen and oxygen atoms in total. The predicted octanol–water partition coefficient (Wildman–Crippen LogP) is 2.71. The first-order chi connectivity index (χ1) is 14.5. The van der Waals surface area contributed by atoms with Crippen LogP contribution in [0.2, 0.25) is 0 Å². The number of benzene rings is 1. The summed E-state index contributed by atoms with van der Waals surface area (Å²) < 4.78 is 14.6. The average molecular weight is 428 g/mol. The van der Waals surface area contributed by atoms with Crippen LogP contribution >= 0.6 is 11.8 Å². The minimum atomic E-state index is -0.481. The van der Waals surface area contributed by atoms with Crippen molar-refractivity contribution in [2.24, 2.45) is 29.4 Å². The van der Waals surface area contributed by atoms with Crippen molar-refractivity contribution in [3.05, 3.63) is 42.0 Å². The lowest BCUT2D eigenvalue weighted by Crippen LogP contribution is -2.39. The van der Waals surface area contributed by atoms with Crippen LogP contribution in [0.25, 0.3) is 0 Å². The van der Waals surface area contributed by atoms with E-state index in [1.807, 2.05) is 18.2 Å². The molecule has 3 aliphatic rings.